The molecular weight excluding hydrogens is 226 g/mol. The van der Waals surface area contributed by atoms with Gasteiger partial charge in [-0.25, -0.2) is 0 Å². The second-order valence-corrected chi connectivity index (χ2v) is 6.87. The Kier molecular flexibility index (Phi) is 3.04. The van der Waals surface area contributed by atoms with Crippen molar-refractivity contribution in [2.75, 3.05) is 0 Å². The molecule has 0 unspecified atom stereocenters. The molecular formula is C15H23NS. The molecule has 1 saturated carbocycles. The summed E-state index contributed by atoms with van der Waals surface area (Å²) in [7, 11) is 0. The van der Waals surface area contributed by atoms with Gasteiger partial charge in [0.25, 0.3) is 0 Å². The standard InChI is InChI=1S/C15H23NS/c1-3-12-4-7-15(8-5-12)14-13(6-9-17-14)10-11(2)16-15/h6,9,11-12,16H,3-5,7-8,10H2,1-2H3/t11-,12?,15?/m0/s1. The first-order chi connectivity index (χ1) is 8.23. The Morgan fingerprint density at radius 3 is 2.88 bits per heavy atom. The average molecular weight is 249 g/mol. The van der Waals surface area contributed by atoms with Crippen LogP contribution >= 0.6 is 11.3 Å². The van der Waals surface area contributed by atoms with Crippen LogP contribution in [-0.4, -0.2) is 6.04 Å². The van der Waals surface area contributed by atoms with E-state index in [2.05, 4.69) is 30.6 Å². The van der Waals surface area contributed by atoms with Crippen LogP contribution in [0.1, 0.15) is 56.4 Å². The molecule has 3 rings (SSSR count). The second-order valence-electron chi connectivity index (χ2n) is 5.96. The van der Waals surface area contributed by atoms with E-state index in [0.29, 0.717) is 11.6 Å². The highest BCUT2D eigenvalue weighted by atomic mass is 32.1. The van der Waals surface area contributed by atoms with E-state index in [-0.39, 0.29) is 0 Å². The zero-order valence-electron chi connectivity index (χ0n) is 11.0. The van der Waals surface area contributed by atoms with Crippen molar-refractivity contribution in [3.63, 3.8) is 0 Å². The van der Waals surface area contributed by atoms with Crippen LogP contribution in [0.5, 0.6) is 0 Å². The Morgan fingerprint density at radius 1 is 1.41 bits per heavy atom. The van der Waals surface area contributed by atoms with Crippen LogP contribution < -0.4 is 5.32 Å². The highest BCUT2D eigenvalue weighted by Gasteiger charge is 2.41. The number of hydrogen-bond acceptors (Lipinski definition) is 2. The minimum absolute atomic E-state index is 0.340. The van der Waals surface area contributed by atoms with Crippen LogP contribution in [0.2, 0.25) is 0 Å². The summed E-state index contributed by atoms with van der Waals surface area (Å²) in [6.07, 6.45) is 8.11. The molecule has 0 saturated heterocycles. The number of fused-ring (bicyclic) bond motifs is 2. The van der Waals surface area contributed by atoms with E-state index in [1.165, 1.54) is 38.5 Å². The molecule has 94 valence electrons. The quantitative estimate of drug-likeness (QED) is 0.791. The van der Waals surface area contributed by atoms with Gasteiger partial charge in [-0.15, -0.1) is 11.3 Å². The molecule has 1 fully saturated rings. The van der Waals surface area contributed by atoms with E-state index in [4.69, 9.17) is 0 Å². The number of thiophene rings is 1. The lowest BCUT2D eigenvalue weighted by Gasteiger charge is -2.45. The van der Waals surface area contributed by atoms with Crippen molar-refractivity contribution in [2.45, 2.75) is 64.0 Å². The molecule has 1 atom stereocenters. The van der Waals surface area contributed by atoms with Gasteiger partial charge in [-0.2, -0.15) is 0 Å². The van der Waals surface area contributed by atoms with Gasteiger partial charge in [0.15, 0.2) is 0 Å². The Labute approximate surface area is 109 Å². The zero-order valence-corrected chi connectivity index (χ0v) is 11.8. The minimum Gasteiger partial charge on any atom is -0.304 e. The van der Waals surface area contributed by atoms with Gasteiger partial charge in [-0.05, 0) is 62.0 Å². The number of nitrogens with one attached hydrogen (secondary N) is 1. The van der Waals surface area contributed by atoms with Crippen molar-refractivity contribution in [3.05, 3.63) is 21.9 Å². The molecule has 2 aliphatic rings. The monoisotopic (exact) mass is 249 g/mol. The largest absolute Gasteiger partial charge is 0.304 e. The Bertz CT molecular complexity index is 387. The molecule has 17 heavy (non-hydrogen) atoms. The van der Waals surface area contributed by atoms with Crippen molar-refractivity contribution in [3.8, 4) is 0 Å². The molecule has 2 heterocycles. The fourth-order valence-electron chi connectivity index (χ4n) is 3.78. The molecule has 1 N–H and O–H groups in total. The molecule has 1 spiro atoms. The van der Waals surface area contributed by atoms with Crippen molar-refractivity contribution in [1.29, 1.82) is 0 Å². The fourth-order valence-corrected chi connectivity index (χ4v) is 4.94. The third kappa shape index (κ3) is 1.96. The van der Waals surface area contributed by atoms with E-state index < -0.39 is 0 Å². The maximum atomic E-state index is 3.93. The second kappa shape index (κ2) is 4.40. The molecule has 0 radical (unpaired) electrons. The molecule has 1 aromatic rings. The van der Waals surface area contributed by atoms with E-state index >= 15 is 0 Å². The van der Waals surface area contributed by atoms with Gasteiger partial charge in [0.1, 0.15) is 0 Å². The maximum Gasteiger partial charge on any atom is 0.0533 e. The number of rotatable bonds is 1. The van der Waals surface area contributed by atoms with Crippen LogP contribution in [0, 0.1) is 5.92 Å². The lowest BCUT2D eigenvalue weighted by Crippen LogP contribution is -2.52. The van der Waals surface area contributed by atoms with E-state index in [1.54, 1.807) is 10.4 Å². The van der Waals surface area contributed by atoms with E-state index in [0.717, 1.165) is 5.92 Å². The summed E-state index contributed by atoms with van der Waals surface area (Å²) in [4.78, 5) is 1.66. The number of hydrogen-bond donors (Lipinski definition) is 1. The maximum absolute atomic E-state index is 3.93. The summed E-state index contributed by atoms with van der Waals surface area (Å²) in [5.41, 5.74) is 1.96. The molecule has 1 aromatic heterocycles. The third-order valence-electron chi connectivity index (χ3n) is 4.77. The molecule has 0 amide bonds. The first kappa shape index (κ1) is 11.7. The Hall–Kier alpha value is -0.340. The molecule has 2 heteroatoms. The van der Waals surface area contributed by atoms with Crippen molar-refractivity contribution < 1.29 is 0 Å². The Morgan fingerprint density at radius 2 is 2.18 bits per heavy atom. The molecule has 1 aliphatic heterocycles. The van der Waals surface area contributed by atoms with Gasteiger partial charge in [0.2, 0.25) is 0 Å². The predicted molar refractivity (Wildman–Crippen MR) is 74.5 cm³/mol. The predicted octanol–water partition coefficient (Wildman–Crippen LogP) is 4.08. The normalized spacial score (nSPS) is 37.1. The van der Waals surface area contributed by atoms with Crippen molar-refractivity contribution in [2.24, 2.45) is 5.92 Å². The third-order valence-corrected chi connectivity index (χ3v) is 5.93. The fraction of sp³-hybridized carbons (Fsp3) is 0.733. The van der Waals surface area contributed by atoms with Crippen LogP contribution in [0.15, 0.2) is 11.4 Å². The average Bonchev–Trinajstić information content (AvgIpc) is 2.79. The molecule has 0 bridgehead atoms. The van der Waals surface area contributed by atoms with Gasteiger partial charge in [-0.3, -0.25) is 0 Å². The smallest absolute Gasteiger partial charge is 0.0533 e. The molecule has 1 aliphatic carbocycles. The van der Waals surface area contributed by atoms with Crippen LogP contribution in [0.4, 0.5) is 0 Å². The summed E-state index contributed by atoms with van der Waals surface area (Å²) in [6.45, 7) is 4.68. The van der Waals surface area contributed by atoms with Crippen LogP contribution in [0.3, 0.4) is 0 Å². The summed E-state index contributed by atoms with van der Waals surface area (Å²) in [5, 5.41) is 6.22. The van der Waals surface area contributed by atoms with Gasteiger partial charge in [0, 0.05) is 10.9 Å². The topological polar surface area (TPSA) is 12.0 Å². The Balaban J connectivity index is 1.88. The highest BCUT2D eigenvalue weighted by molar-refractivity contribution is 7.10. The summed E-state index contributed by atoms with van der Waals surface area (Å²) < 4.78 is 0. The minimum atomic E-state index is 0.340. The first-order valence-electron chi connectivity index (χ1n) is 7.08. The van der Waals surface area contributed by atoms with Crippen LogP contribution in [-0.2, 0) is 12.0 Å². The van der Waals surface area contributed by atoms with E-state index in [1.807, 2.05) is 11.3 Å². The SMILES string of the molecule is CCC1CCC2(CC1)N[C@@H](C)Cc1ccsc12. The molecule has 0 aromatic carbocycles. The summed E-state index contributed by atoms with van der Waals surface area (Å²) in [6, 6.07) is 3.00. The van der Waals surface area contributed by atoms with Crippen LogP contribution in [0.25, 0.3) is 0 Å². The van der Waals surface area contributed by atoms with Crippen molar-refractivity contribution in [1.82, 2.24) is 5.32 Å². The van der Waals surface area contributed by atoms with Gasteiger partial charge < -0.3 is 5.32 Å². The lowest BCUT2D eigenvalue weighted by molar-refractivity contribution is 0.163. The van der Waals surface area contributed by atoms with Gasteiger partial charge in [-0.1, -0.05) is 13.3 Å². The summed E-state index contributed by atoms with van der Waals surface area (Å²) in [5.74, 6) is 0.975. The highest BCUT2D eigenvalue weighted by Crippen LogP contribution is 2.46. The first-order valence-corrected chi connectivity index (χ1v) is 7.96. The van der Waals surface area contributed by atoms with Gasteiger partial charge >= 0.3 is 0 Å². The van der Waals surface area contributed by atoms with E-state index in [9.17, 15) is 0 Å². The molecule has 1 nitrogen and oxygen atoms in total. The lowest BCUT2D eigenvalue weighted by atomic mass is 9.72. The van der Waals surface area contributed by atoms with Crippen molar-refractivity contribution >= 4 is 11.3 Å². The summed E-state index contributed by atoms with van der Waals surface area (Å²) >= 11 is 1.98. The van der Waals surface area contributed by atoms with Gasteiger partial charge in [0.05, 0.1) is 5.54 Å². The zero-order chi connectivity index (χ0) is 11.9.